The Morgan fingerprint density at radius 3 is 2.69 bits per heavy atom. The van der Waals surface area contributed by atoms with Crippen molar-refractivity contribution in [2.75, 3.05) is 27.0 Å². The Morgan fingerprint density at radius 2 is 1.90 bits per heavy atom. The number of alkyl halides is 3. The summed E-state index contributed by atoms with van der Waals surface area (Å²) in [5.74, 6) is 2.20. The van der Waals surface area contributed by atoms with E-state index in [-0.39, 0.29) is 19.1 Å². The van der Waals surface area contributed by atoms with Gasteiger partial charge in [-0.1, -0.05) is 24.3 Å². The third-order valence-electron chi connectivity index (χ3n) is 4.18. The number of ether oxygens (including phenoxy) is 3. The standard InChI is InChI=1S/C20H22F3N3O3/c1-24-19(25-9-8-14-6-7-17-18(10-14)29-13-28-17)26-11-15-4-2-3-5-16(15)27-12-20(21,22)23/h2-7,10H,8-9,11-13H2,1H3,(H2,24,25,26). The number of hydrogen-bond acceptors (Lipinski definition) is 4. The minimum Gasteiger partial charge on any atom is -0.484 e. The van der Waals surface area contributed by atoms with Gasteiger partial charge in [0.1, 0.15) is 5.75 Å². The lowest BCUT2D eigenvalue weighted by Crippen LogP contribution is -2.38. The molecule has 3 rings (SSSR count). The number of rotatable bonds is 7. The predicted octanol–water partition coefficient (Wildman–Crippen LogP) is 3.26. The quantitative estimate of drug-likeness (QED) is 0.543. The summed E-state index contributed by atoms with van der Waals surface area (Å²) >= 11 is 0. The molecule has 0 unspecified atom stereocenters. The van der Waals surface area contributed by atoms with Crippen molar-refractivity contribution in [3.8, 4) is 17.2 Å². The first-order chi connectivity index (χ1) is 13.9. The Hall–Kier alpha value is -3.10. The Morgan fingerprint density at radius 1 is 1.10 bits per heavy atom. The molecule has 9 heteroatoms. The van der Waals surface area contributed by atoms with Crippen LogP contribution in [0.25, 0.3) is 0 Å². The fourth-order valence-corrected chi connectivity index (χ4v) is 2.77. The highest BCUT2D eigenvalue weighted by Gasteiger charge is 2.28. The Labute approximate surface area is 166 Å². The van der Waals surface area contributed by atoms with E-state index >= 15 is 0 Å². The van der Waals surface area contributed by atoms with Gasteiger partial charge in [-0.3, -0.25) is 4.99 Å². The Kier molecular flexibility index (Phi) is 6.69. The predicted molar refractivity (Wildman–Crippen MR) is 102 cm³/mol. The lowest BCUT2D eigenvalue weighted by Gasteiger charge is -2.15. The molecule has 0 saturated heterocycles. The minimum atomic E-state index is -4.38. The molecule has 0 atom stereocenters. The van der Waals surface area contributed by atoms with Crippen molar-refractivity contribution in [3.05, 3.63) is 53.6 Å². The number of nitrogens with zero attached hydrogens (tertiary/aromatic N) is 1. The second-order valence-corrected chi connectivity index (χ2v) is 6.30. The zero-order chi connectivity index (χ0) is 20.7. The molecule has 2 aromatic carbocycles. The van der Waals surface area contributed by atoms with Gasteiger partial charge in [0.2, 0.25) is 6.79 Å². The molecule has 0 radical (unpaired) electrons. The minimum absolute atomic E-state index is 0.188. The largest absolute Gasteiger partial charge is 0.484 e. The SMILES string of the molecule is CN=C(NCCc1ccc2c(c1)OCO2)NCc1ccccc1OCC(F)(F)F. The molecule has 1 aliphatic rings. The Balaban J connectivity index is 1.48. The molecule has 29 heavy (non-hydrogen) atoms. The molecular weight excluding hydrogens is 387 g/mol. The van der Waals surface area contributed by atoms with Crippen LogP contribution in [0, 0.1) is 0 Å². The highest BCUT2D eigenvalue weighted by molar-refractivity contribution is 5.79. The summed E-state index contributed by atoms with van der Waals surface area (Å²) < 4.78 is 52.8. The zero-order valence-electron chi connectivity index (χ0n) is 15.9. The molecule has 0 saturated carbocycles. The molecule has 0 spiro atoms. The summed E-state index contributed by atoms with van der Waals surface area (Å²) in [5.41, 5.74) is 1.69. The van der Waals surface area contributed by atoms with Gasteiger partial charge in [-0.05, 0) is 30.2 Å². The summed E-state index contributed by atoms with van der Waals surface area (Å²) in [5, 5.41) is 6.26. The number of halogens is 3. The van der Waals surface area contributed by atoms with Gasteiger partial charge < -0.3 is 24.8 Å². The maximum Gasteiger partial charge on any atom is 0.422 e. The highest BCUT2D eigenvalue weighted by atomic mass is 19.4. The van der Waals surface area contributed by atoms with Crippen LogP contribution in [0.2, 0.25) is 0 Å². The number of benzene rings is 2. The molecule has 2 aromatic rings. The van der Waals surface area contributed by atoms with E-state index in [0.29, 0.717) is 18.1 Å². The fourth-order valence-electron chi connectivity index (χ4n) is 2.77. The number of nitrogens with one attached hydrogen (secondary N) is 2. The average molecular weight is 409 g/mol. The molecule has 1 aliphatic heterocycles. The van der Waals surface area contributed by atoms with Gasteiger partial charge in [0, 0.05) is 25.7 Å². The van der Waals surface area contributed by atoms with Crippen LogP contribution < -0.4 is 24.8 Å². The van der Waals surface area contributed by atoms with Crippen LogP contribution in [0.5, 0.6) is 17.2 Å². The molecule has 0 amide bonds. The van der Waals surface area contributed by atoms with E-state index in [2.05, 4.69) is 15.6 Å². The molecule has 2 N–H and O–H groups in total. The van der Waals surface area contributed by atoms with Crippen LogP contribution in [-0.4, -0.2) is 39.1 Å². The molecule has 0 aromatic heterocycles. The lowest BCUT2D eigenvalue weighted by molar-refractivity contribution is -0.153. The van der Waals surface area contributed by atoms with E-state index in [1.54, 1.807) is 25.2 Å². The van der Waals surface area contributed by atoms with Crippen molar-refractivity contribution in [1.82, 2.24) is 10.6 Å². The van der Waals surface area contributed by atoms with E-state index in [4.69, 9.17) is 14.2 Å². The molecule has 1 heterocycles. The number of para-hydroxylation sites is 1. The second-order valence-electron chi connectivity index (χ2n) is 6.30. The first-order valence-corrected chi connectivity index (χ1v) is 9.05. The van der Waals surface area contributed by atoms with Crippen molar-refractivity contribution in [3.63, 3.8) is 0 Å². The third-order valence-corrected chi connectivity index (χ3v) is 4.18. The van der Waals surface area contributed by atoms with Crippen LogP contribution in [0.15, 0.2) is 47.5 Å². The maximum absolute atomic E-state index is 12.4. The van der Waals surface area contributed by atoms with Crippen molar-refractivity contribution >= 4 is 5.96 Å². The molecule has 156 valence electrons. The van der Waals surface area contributed by atoms with Gasteiger partial charge in [0.15, 0.2) is 24.1 Å². The second kappa shape index (κ2) is 9.40. The summed E-state index contributed by atoms with van der Waals surface area (Å²) in [6.45, 7) is -0.197. The summed E-state index contributed by atoms with van der Waals surface area (Å²) in [7, 11) is 1.63. The molecule has 0 bridgehead atoms. The molecular formula is C20H22F3N3O3. The van der Waals surface area contributed by atoms with Crippen LogP contribution in [0.4, 0.5) is 13.2 Å². The van der Waals surface area contributed by atoms with Crippen LogP contribution in [0.3, 0.4) is 0 Å². The van der Waals surface area contributed by atoms with E-state index in [0.717, 1.165) is 23.5 Å². The normalized spacial score (nSPS) is 13.3. The molecule has 0 fully saturated rings. The van der Waals surface area contributed by atoms with E-state index in [1.165, 1.54) is 6.07 Å². The van der Waals surface area contributed by atoms with Crippen LogP contribution >= 0.6 is 0 Å². The lowest BCUT2D eigenvalue weighted by atomic mass is 10.1. The van der Waals surface area contributed by atoms with E-state index < -0.39 is 12.8 Å². The number of guanidine groups is 1. The first-order valence-electron chi connectivity index (χ1n) is 9.05. The number of aliphatic imine (C=N–C) groups is 1. The Bertz CT molecular complexity index is 856. The summed E-state index contributed by atoms with van der Waals surface area (Å²) in [6, 6.07) is 12.4. The van der Waals surface area contributed by atoms with Crippen molar-refractivity contribution in [2.45, 2.75) is 19.1 Å². The van der Waals surface area contributed by atoms with Crippen LogP contribution in [0.1, 0.15) is 11.1 Å². The topological polar surface area (TPSA) is 64.1 Å². The van der Waals surface area contributed by atoms with Gasteiger partial charge in [0.05, 0.1) is 0 Å². The average Bonchev–Trinajstić information content (AvgIpc) is 3.17. The smallest absolute Gasteiger partial charge is 0.422 e. The van der Waals surface area contributed by atoms with E-state index in [1.807, 2.05) is 18.2 Å². The van der Waals surface area contributed by atoms with Crippen molar-refractivity contribution < 1.29 is 27.4 Å². The number of hydrogen-bond donors (Lipinski definition) is 2. The van der Waals surface area contributed by atoms with Gasteiger partial charge >= 0.3 is 6.18 Å². The third kappa shape index (κ3) is 6.20. The van der Waals surface area contributed by atoms with Gasteiger partial charge in [-0.2, -0.15) is 13.2 Å². The fraction of sp³-hybridized carbons (Fsp3) is 0.350. The first kappa shape index (κ1) is 20.6. The monoisotopic (exact) mass is 409 g/mol. The van der Waals surface area contributed by atoms with E-state index in [9.17, 15) is 13.2 Å². The van der Waals surface area contributed by atoms with Gasteiger partial charge in [0.25, 0.3) is 0 Å². The molecule has 6 nitrogen and oxygen atoms in total. The zero-order valence-corrected chi connectivity index (χ0v) is 15.9. The summed E-state index contributed by atoms with van der Waals surface area (Å²) in [6.07, 6.45) is -3.64. The van der Waals surface area contributed by atoms with Crippen molar-refractivity contribution in [2.24, 2.45) is 4.99 Å². The van der Waals surface area contributed by atoms with Crippen LogP contribution in [-0.2, 0) is 13.0 Å². The maximum atomic E-state index is 12.4. The van der Waals surface area contributed by atoms with Gasteiger partial charge in [-0.15, -0.1) is 0 Å². The van der Waals surface area contributed by atoms with Crippen molar-refractivity contribution in [1.29, 1.82) is 0 Å². The van der Waals surface area contributed by atoms with Gasteiger partial charge in [-0.25, -0.2) is 0 Å². The highest BCUT2D eigenvalue weighted by Crippen LogP contribution is 2.32. The number of fused-ring (bicyclic) bond motifs is 1. The summed E-state index contributed by atoms with van der Waals surface area (Å²) in [4.78, 5) is 4.14. The molecule has 0 aliphatic carbocycles.